The van der Waals surface area contributed by atoms with Gasteiger partial charge >= 0.3 is 0 Å². The summed E-state index contributed by atoms with van der Waals surface area (Å²) >= 11 is 0. The fraction of sp³-hybridized carbons (Fsp3) is 0.273. The van der Waals surface area contributed by atoms with E-state index in [0.29, 0.717) is 17.8 Å². The molecule has 1 aromatic carbocycles. The third-order valence-corrected chi connectivity index (χ3v) is 2.44. The molecule has 16 heavy (non-hydrogen) atoms. The quantitative estimate of drug-likeness (QED) is 0.747. The number of carbonyl (C=O) groups excluding carboxylic acids is 1. The Balaban J connectivity index is 2.40. The van der Waals surface area contributed by atoms with Gasteiger partial charge in [0.15, 0.2) is 0 Å². The van der Waals surface area contributed by atoms with Crippen molar-refractivity contribution in [1.82, 2.24) is 0 Å². The van der Waals surface area contributed by atoms with Crippen LogP contribution in [-0.2, 0) is 4.79 Å². The van der Waals surface area contributed by atoms with E-state index >= 15 is 0 Å². The Bertz CT molecular complexity index is 465. The van der Waals surface area contributed by atoms with E-state index in [1.165, 1.54) is 0 Å². The number of carbonyl (C=O) groups is 1. The SMILES string of the molecule is N#Cc1ccc2c(c1)NC(=O)CN2CCO. The highest BCUT2D eigenvalue weighted by atomic mass is 16.3. The zero-order valence-electron chi connectivity index (χ0n) is 8.60. The fourth-order valence-corrected chi connectivity index (χ4v) is 1.75. The van der Waals surface area contributed by atoms with E-state index < -0.39 is 0 Å². The number of amides is 1. The fourth-order valence-electron chi connectivity index (χ4n) is 1.75. The maximum Gasteiger partial charge on any atom is 0.243 e. The van der Waals surface area contributed by atoms with Crippen LogP contribution in [0, 0.1) is 11.3 Å². The second kappa shape index (κ2) is 4.21. The van der Waals surface area contributed by atoms with Gasteiger partial charge in [0.25, 0.3) is 0 Å². The van der Waals surface area contributed by atoms with Gasteiger partial charge in [0.1, 0.15) is 0 Å². The van der Waals surface area contributed by atoms with Crippen molar-refractivity contribution < 1.29 is 9.90 Å². The van der Waals surface area contributed by atoms with Crippen LogP contribution in [0.3, 0.4) is 0 Å². The van der Waals surface area contributed by atoms with Crippen molar-refractivity contribution in [2.45, 2.75) is 0 Å². The van der Waals surface area contributed by atoms with Crippen LogP contribution in [0.4, 0.5) is 11.4 Å². The normalized spacial score (nSPS) is 14.0. The summed E-state index contributed by atoms with van der Waals surface area (Å²) in [6, 6.07) is 7.13. The molecule has 0 aliphatic carbocycles. The molecule has 0 unspecified atom stereocenters. The largest absolute Gasteiger partial charge is 0.395 e. The molecule has 0 saturated carbocycles. The highest BCUT2D eigenvalue weighted by Crippen LogP contribution is 2.29. The molecular formula is C11H11N3O2. The number of fused-ring (bicyclic) bond motifs is 1. The molecule has 0 fully saturated rings. The predicted molar refractivity (Wildman–Crippen MR) is 59.1 cm³/mol. The van der Waals surface area contributed by atoms with Gasteiger partial charge in [0.2, 0.25) is 5.91 Å². The monoisotopic (exact) mass is 217 g/mol. The number of nitriles is 1. The summed E-state index contributed by atoms with van der Waals surface area (Å²) in [7, 11) is 0. The standard InChI is InChI=1S/C11H11N3O2/c12-6-8-1-2-10-9(5-8)13-11(16)7-14(10)3-4-15/h1-2,5,15H,3-4,7H2,(H,13,16). The highest BCUT2D eigenvalue weighted by Gasteiger charge is 2.21. The molecule has 0 radical (unpaired) electrons. The van der Waals surface area contributed by atoms with Crippen molar-refractivity contribution in [1.29, 1.82) is 5.26 Å². The molecule has 5 heteroatoms. The van der Waals surface area contributed by atoms with Crippen LogP contribution in [0.2, 0.25) is 0 Å². The summed E-state index contributed by atoms with van der Waals surface area (Å²) in [6.45, 7) is 0.637. The van der Waals surface area contributed by atoms with E-state index in [2.05, 4.69) is 5.32 Å². The lowest BCUT2D eigenvalue weighted by molar-refractivity contribution is -0.115. The van der Waals surface area contributed by atoms with E-state index in [1.54, 1.807) is 23.1 Å². The van der Waals surface area contributed by atoms with Crippen molar-refractivity contribution in [3.63, 3.8) is 0 Å². The molecule has 2 rings (SSSR count). The zero-order chi connectivity index (χ0) is 11.5. The third kappa shape index (κ3) is 1.83. The minimum atomic E-state index is -0.129. The summed E-state index contributed by atoms with van der Waals surface area (Å²) in [6.07, 6.45) is 0. The van der Waals surface area contributed by atoms with Gasteiger partial charge in [-0.05, 0) is 18.2 Å². The number of rotatable bonds is 2. The van der Waals surface area contributed by atoms with Crippen LogP contribution < -0.4 is 10.2 Å². The first kappa shape index (κ1) is 10.5. The van der Waals surface area contributed by atoms with Gasteiger partial charge in [0.05, 0.1) is 36.2 Å². The van der Waals surface area contributed by atoms with Crippen LogP contribution in [0.25, 0.3) is 0 Å². The summed E-state index contributed by atoms with van der Waals surface area (Å²) in [5, 5.41) is 20.4. The highest BCUT2D eigenvalue weighted by molar-refractivity contribution is 6.01. The van der Waals surface area contributed by atoms with Crippen molar-refractivity contribution in [2.75, 3.05) is 29.9 Å². The molecule has 2 N–H and O–H groups in total. The van der Waals surface area contributed by atoms with Crippen molar-refractivity contribution in [3.8, 4) is 6.07 Å². The molecule has 1 aromatic rings. The second-order valence-corrected chi connectivity index (χ2v) is 3.54. The van der Waals surface area contributed by atoms with E-state index in [9.17, 15) is 4.79 Å². The maximum atomic E-state index is 11.4. The smallest absolute Gasteiger partial charge is 0.243 e. The Kier molecular flexibility index (Phi) is 2.75. The molecule has 0 aromatic heterocycles. The minimum Gasteiger partial charge on any atom is -0.395 e. The Morgan fingerprint density at radius 3 is 3.06 bits per heavy atom. The van der Waals surface area contributed by atoms with Crippen LogP contribution in [0.5, 0.6) is 0 Å². The van der Waals surface area contributed by atoms with Crippen molar-refractivity contribution in [3.05, 3.63) is 23.8 Å². The summed E-state index contributed by atoms with van der Waals surface area (Å²) < 4.78 is 0. The molecule has 82 valence electrons. The number of nitrogens with zero attached hydrogens (tertiary/aromatic N) is 2. The lowest BCUT2D eigenvalue weighted by atomic mass is 10.1. The molecule has 1 aliphatic heterocycles. The predicted octanol–water partition coefficient (Wildman–Crippen LogP) is 0.309. The first-order valence-electron chi connectivity index (χ1n) is 4.94. The Labute approximate surface area is 92.9 Å². The van der Waals surface area contributed by atoms with E-state index in [0.717, 1.165) is 5.69 Å². The topological polar surface area (TPSA) is 76.4 Å². The van der Waals surface area contributed by atoms with Gasteiger partial charge in [-0.1, -0.05) is 0 Å². The van der Waals surface area contributed by atoms with E-state index in [1.807, 2.05) is 6.07 Å². The molecule has 0 bridgehead atoms. The molecule has 1 amide bonds. The molecular weight excluding hydrogens is 206 g/mol. The summed E-state index contributed by atoms with van der Waals surface area (Å²) in [5.74, 6) is -0.129. The van der Waals surface area contributed by atoms with Crippen LogP contribution >= 0.6 is 0 Å². The molecule has 1 aliphatic rings. The Morgan fingerprint density at radius 2 is 2.38 bits per heavy atom. The van der Waals surface area contributed by atoms with Gasteiger partial charge in [0, 0.05) is 6.54 Å². The summed E-state index contributed by atoms with van der Waals surface area (Å²) in [4.78, 5) is 13.2. The average Bonchev–Trinajstić information content (AvgIpc) is 2.28. The number of aliphatic hydroxyl groups is 1. The number of hydrogen-bond donors (Lipinski definition) is 2. The summed E-state index contributed by atoms with van der Waals surface area (Å²) in [5.41, 5.74) is 1.97. The van der Waals surface area contributed by atoms with Gasteiger partial charge in [-0.25, -0.2) is 0 Å². The molecule has 0 atom stereocenters. The average molecular weight is 217 g/mol. The lowest BCUT2D eigenvalue weighted by Gasteiger charge is -2.30. The van der Waals surface area contributed by atoms with Crippen LogP contribution in [0.1, 0.15) is 5.56 Å². The number of nitrogens with one attached hydrogen (secondary N) is 1. The third-order valence-electron chi connectivity index (χ3n) is 2.44. The van der Waals surface area contributed by atoms with E-state index in [-0.39, 0.29) is 19.1 Å². The first-order valence-corrected chi connectivity index (χ1v) is 4.94. The number of hydrogen-bond acceptors (Lipinski definition) is 4. The van der Waals surface area contributed by atoms with Crippen molar-refractivity contribution >= 4 is 17.3 Å². The van der Waals surface area contributed by atoms with Crippen LogP contribution in [-0.4, -0.2) is 30.7 Å². The molecule has 0 saturated heterocycles. The lowest BCUT2D eigenvalue weighted by Crippen LogP contribution is -2.39. The first-order chi connectivity index (χ1) is 7.74. The van der Waals surface area contributed by atoms with Gasteiger partial charge in [-0.3, -0.25) is 4.79 Å². The molecule has 5 nitrogen and oxygen atoms in total. The van der Waals surface area contributed by atoms with Gasteiger partial charge in [-0.2, -0.15) is 5.26 Å². The Morgan fingerprint density at radius 1 is 1.56 bits per heavy atom. The van der Waals surface area contributed by atoms with Crippen molar-refractivity contribution in [2.24, 2.45) is 0 Å². The van der Waals surface area contributed by atoms with Gasteiger partial charge < -0.3 is 15.3 Å². The second-order valence-electron chi connectivity index (χ2n) is 3.54. The molecule has 0 spiro atoms. The van der Waals surface area contributed by atoms with Crippen LogP contribution in [0.15, 0.2) is 18.2 Å². The van der Waals surface area contributed by atoms with Gasteiger partial charge in [-0.15, -0.1) is 0 Å². The number of anilines is 2. The minimum absolute atomic E-state index is 0.00722. The number of β-amino-alcohol motifs (C(OH)–C–C–N with tert-alkyl or cyclic N) is 1. The zero-order valence-corrected chi connectivity index (χ0v) is 8.60. The molecule has 1 heterocycles. The number of benzene rings is 1. The Hall–Kier alpha value is -2.06. The van der Waals surface area contributed by atoms with E-state index in [4.69, 9.17) is 10.4 Å². The number of aliphatic hydroxyl groups excluding tert-OH is 1. The maximum absolute atomic E-state index is 11.4.